The van der Waals surface area contributed by atoms with Gasteiger partial charge >= 0.3 is 0 Å². The summed E-state index contributed by atoms with van der Waals surface area (Å²) in [6, 6.07) is 0.266. The summed E-state index contributed by atoms with van der Waals surface area (Å²) in [5, 5.41) is 9.78. The molecule has 3 atom stereocenters. The average molecular weight is 359 g/mol. The quantitative estimate of drug-likeness (QED) is 0.497. The summed E-state index contributed by atoms with van der Waals surface area (Å²) in [6.07, 6.45) is 4.08. The van der Waals surface area contributed by atoms with Crippen molar-refractivity contribution in [1.29, 1.82) is 0 Å². The van der Waals surface area contributed by atoms with E-state index in [2.05, 4.69) is 20.9 Å². The highest BCUT2D eigenvalue weighted by molar-refractivity contribution is 7.85. The van der Waals surface area contributed by atoms with Gasteiger partial charge in [0.05, 0.1) is 0 Å². The minimum absolute atomic E-state index is 0.0895. The van der Waals surface area contributed by atoms with Crippen molar-refractivity contribution in [2.75, 3.05) is 18.8 Å². The molecule has 1 fully saturated rings. The number of hydrogen-bond donors (Lipinski definition) is 3. The van der Waals surface area contributed by atoms with Gasteiger partial charge in [0.1, 0.15) is 6.54 Å². The van der Waals surface area contributed by atoms with Crippen molar-refractivity contribution in [3.63, 3.8) is 0 Å². The van der Waals surface area contributed by atoms with Gasteiger partial charge < -0.3 is 16.0 Å². The monoisotopic (exact) mass is 358 g/mol. The third kappa shape index (κ3) is 8.13. The number of rotatable bonds is 6. The summed E-state index contributed by atoms with van der Waals surface area (Å²) >= 11 is 0. The van der Waals surface area contributed by atoms with Crippen LogP contribution in [0.2, 0.25) is 0 Å². The smallest absolute Gasteiger partial charge is 0.242 e. The fourth-order valence-corrected chi connectivity index (χ4v) is 4.22. The second-order valence-corrected chi connectivity index (χ2v) is 9.30. The van der Waals surface area contributed by atoms with Gasteiger partial charge in [0.25, 0.3) is 0 Å². The number of guanidine groups is 1. The van der Waals surface area contributed by atoms with Crippen LogP contribution in [0.15, 0.2) is 4.99 Å². The van der Waals surface area contributed by atoms with E-state index in [1.54, 1.807) is 0 Å². The molecule has 0 aromatic heterocycles. The summed E-state index contributed by atoms with van der Waals surface area (Å²) in [5.41, 5.74) is -0.251. The topological polar surface area (TPSA) is 82.6 Å². The summed E-state index contributed by atoms with van der Waals surface area (Å²) < 4.78 is 12.1. The lowest BCUT2D eigenvalue weighted by molar-refractivity contribution is -0.121. The third-order valence-corrected chi connectivity index (χ3v) is 5.60. The molecule has 0 aliphatic heterocycles. The molecule has 24 heavy (non-hydrogen) atoms. The molecule has 0 heterocycles. The lowest BCUT2D eigenvalue weighted by atomic mass is 9.95. The first kappa shape index (κ1) is 20.9. The van der Waals surface area contributed by atoms with Crippen LogP contribution in [0.4, 0.5) is 0 Å². The molecule has 0 bridgehead atoms. The number of nitrogens with one attached hydrogen (secondary N) is 3. The molecule has 1 amide bonds. The molecule has 1 aliphatic rings. The molecular formula is C17H34N4O2S. The molecule has 1 aliphatic carbocycles. The Morgan fingerprint density at radius 2 is 1.96 bits per heavy atom. The van der Waals surface area contributed by atoms with Gasteiger partial charge in [-0.1, -0.05) is 13.3 Å². The normalized spacial score (nSPS) is 23.5. The lowest BCUT2D eigenvalue weighted by Gasteiger charge is -2.30. The van der Waals surface area contributed by atoms with E-state index < -0.39 is 10.8 Å². The van der Waals surface area contributed by atoms with Crippen molar-refractivity contribution in [1.82, 2.24) is 16.0 Å². The number of carbonyl (C=O) groups is 1. The molecular weight excluding hydrogens is 324 g/mol. The van der Waals surface area contributed by atoms with Crippen LogP contribution in [0.3, 0.4) is 0 Å². The fourth-order valence-electron chi connectivity index (χ4n) is 2.87. The van der Waals surface area contributed by atoms with Gasteiger partial charge in [-0.3, -0.25) is 9.00 Å². The SMILES string of the molecule is CCNC(=NCC(=O)NC(C)(C)C)NC1CCCC(S(=O)CC)C1. The highest BCUT2D eigenvalue weighted by Gasteiger charge is 2.26. The summed E-state index contributed by atoms with van der Waals surface area (Å²) in [7, 11) is -0.740. The van der Waals surface area contributed by atoms with Crippen molar-refractivity contribution >= 4 is 22.7 Å². The van der Waals surface area contributed by atoms with Crippen LogP contribution in [0.5, 0.6) is 0 Å². The molecule has 0 saturated heterocycles. The van der Waals surface area contributed by atoms with E-state index in [9.17, 15) is 9.00 Å². The van der Waals surface area contributed by atoms with E-state index >= 15 is 0 Å². The minimum Gasteiger partial charge on any atom is -0.357 e. The van der Waals surface area contributed by atoms with Crippen molar-refractivity contribution in [2.24, 2.45) is 4.99 Å². The first-order valence-corrected chi connectivity index (χ1v) is 10.4. The Morgan fingerprint density at radius 3 is 2.54 bits per heavy atom. The van der Waals surface area contributed by atoms with Crippen LogP contribution < -0.4 is 16.0 Å². The standard InChI is InChI=1S/C17H34N4O2S/c1-6-18-16(19-12-15(22)21-17(3,4)5)20-13-9-8-10-14(11-13)24(23)7-2/h13-14H,6-12H2,1-5H3,(H,21,22)(H2,18,19,20). The molecule has 7 heteroatoms. The van der Waals surface area contributed by atoms with Gasteiger partial charge in [0, 0.05) is 39.9 Å². The highest BCUT2D eigenvalue weighted by Crippen LogP contribution is 2.22. The molecule has 3 unspecified atom stereocenters. The zero-order valence-corrected chi connectivity index (χ0v) is 16.6. The van der Waals surface area contributed by atoms with Crippen molar-refractivity contribution in [3.8, 4) is 0 Å². The molecule has 1 saturated carbocycles. The van der Waals surface area contributed by atoms with Crippen LogP contribution in [0.1, 0.15) is 60.3 Å². The van der Waals surface area contributed by atoms with Crippen molar-refractivity contribution < 1.29 is 9.00 Å². The maximum Gasteiger partial charge on any atom is 0.242 e. The van der Waals surface area contributed by atoms with E-state index in [1.807, 2.05) is 34.6 Å². The van der Waals surface area contributed by atoms with Crippen LogP contribution in [0.25, 0.3) is 0 Å². The van der Waals surface area contributed by atoms with Gasteiger partial charge in [-0.25, -0.2) is 4.99 Å². The Labute approximate surface area is 149 Å². The van der Waals surface area contributed by atoms with Crippen molar-refractivity contribution in [3.05, 3.63) is 0 Å². The number of carbonyl (C=O) groups excluding carboxylic acids is 1. The number of aliphatic imine (C=N–C) groups is 1. The second kappa shape index (κ2) is 10.0. The molecule has 0 spiro atoms. The van der Waals surface area contributed by atoms with E-state index in [0.29, 0.717) is 5.96 Å². The maximum absolute atomic E-state index is 12.1. The van der Waals surface area contributed by atoms with E-state index in [4.69, 9.17) is 0 Å². The highest BCUT2D eigenvalue weighted by atomic mass is 32.2. The first-order valence-electron chi connectivity index (χ1n) is 8.98. The zero-order valence-electron chi connectivity index (χ0n) is 15.8. The molecule has 1 rings (SSSR count). The molecule has 0 radical (unpaired) electrons. The van der Waals surface area contributed by atoms with Gasteiger partial charge in [0.2, 0.25) is 5.91 Å². The van der Waals surface area contributed by atoms with E-state index in [-0.39, 0.29) is 29.3 Å². The van der Waals surface area contributed by atoms with Crippen LogP contribution in [-0.2, 0) is 15.6 Å². The summed E-state index contributed by atoms with van der Waals surface area (Å²) in [6.45, 7) is 10.7. The first-order chi connectivity index (χ1) is 11.2. The molecule has 6 nitrogen and oxygen atoms in total. The van der Waals surface area contributed by atoms with Crippen LogP contribution >= 0.6 is 0 Å². The zero-order chi connectivity index (χ0) is 18.2. The Hall–Kier alpha value is -1.11. The largest absolute Gasteiger partial charge is 0.357 e. The molecule has 0 aromatic rings. The van der Waals surface area contributed by atoms with Crippen LogP contribution in [0, 0.1) is 0 Å². The van der Waals surface area contributed by atoms with Gasteiger partial charge in [0.15, 0.2) is 5.96 Å². The number of amides is 1. The number of hydrogen-bond acceptors (Lipinski definition) is 3. The Balaban J connectivity index is 2.59. The van der Waals surface area contributed by atoms with Gasteiger partial charge in [-0.15, -0.1) is 0 Å². The third-order valence-electron chi connectivity index (χ3n) is 3.86. The minimum atomic E-state index is -0.740. The molecule has 140 valence electrons. The van der Waals surface area contributed by atoms with Gasteiger partial charge in [-0.05, 0) is 47.0 Å². The number of nitrogens with zero attached hydrogens (tertiary/aromatic N) is 1. The lowest BCUT2D eigenvalue weighted by Crippen LogP contribution is -2.47. The summed E-state index contributed by atoms with van der Waals surface area (Å²) in [5.74, 6) is 1.29. The second-order valence-electron chi connectivity index (χ2n) is 7.29. The Bertz CT molecular complexity index is 460. The maximum atomic E-state index is 12.1. The summed E-state index contributed by atoms with van der Waals surface area (Å²) in [4.78, 5) is 16.3. The molecule has 3 N–H and O–H groups in total. The fraction of sp³-hybridized carbons (Fsp3) is 0.882. The predicted molar refractivity (Wildman–Crippen MR) is 102 cm³/mol. The Kier molecular flexibility index (Phi) is 8.73. The molecule has 0 aromatic carbocycles. The average Bonchev–Trinajstić information content (AvgIpc) is 2.50. The van der Waals surface area contributed by atoms with Crippen molar-refractivity contribution in [2.45, 2.75) is 77.1 Å². The Morgan fingerprint density at radius 1 is 1.25 bits per heavy atom. The van der Waals surface area contributed by atoms with E-state index in [0.717, 1.165) is 38.0 Å². The van der Waals surface area contributed by atoms with Crippen LogP contribution in [-0.4, -0.2) is 51.7 Å². The predicted octanol–water partition coefficient (Wildman–Crippen LogP) is 1.54. The van der Waals surface area contributed by atoms with Gasteiger partial charge in [-0.2, -0.15) is 0 Å². The van der Waals surface area contributed by atoms with E-state index in [1.165, 1.54) is 0 Å².